The lowest BCUT2D eigenvalue weighted by Gasteiger charge is -2.34. The van der Waals surface area contributed by atoms with Crippen LogP contribution >= 0.6 is 0 Å². The maximum absolute atomic E-state index is 11.8. The molecule has 0 fully saturated rings. The fraction of sp³-hybridized carbons (Fsp3) is 0.412. The van der Waals surface area contributed by atoms with Crippen molar-refractivity contribution in [2.24, 2.45) is 0 Å². The van der Waals surface area contributed by atoms with Gasteiger partial charge in [-0.05, 0) is 42.5 Å². The van der Waals surface area contributed by atoms with Gasteiger partial charge in [0.05, 0.1) is 6.04 Å². The van der Waals surface area contributed by atoms with Crippen molar-refractivity contribution in [1.29, 1.82) is 0 Å². The second-order valence-electron chi connectivity index (χ2n) is 6.00. The van der Waals surface area contributed by atoms with E-state index >= 15 is 0 Å². The van der Waals surface area contributed by atoms with Gasteiger partial charge in [-0.1, -0.05) is 6.07 Å². The normalized spacial score (nSPS) is 20.9. The van der Waals surface area contributed by atoms with Crippen molar-refractivity contribution in [3.05, 3.63) is 34.7 Å². The second-order valence-corrected chi connectivity index (χ2v) is 6.00. The smallest absolute Gasteiger partial charge is 0.219 e. The fourth-order valence-electron chi connectivity index (χ4n) is 3.82. The summed E-state index contributed by atoms with van der Waals surface area (Å²) in [7, 11) is 0. The quantitative estimate of drug-likeness (QED) is 0.746. The van der Waals surface area contributed by atoms with E-state index in [-0.39, 0.29) is 11.9 Å². The number of fused-ring (bicyclic) bond motifs is 4. The minimum Gasteiger partial charge on any atom is -0.440 e. The predicted octanol–water partition coefficient (Wildman–Crippen LogP) is 3.09. The molecule has 21 heavy (non-hydrogen) atoms. The summed E-state index contributed by atoms with van der Waals surface area (Å²) in [5.74, 6) is 0.868. The summed E-state index contributed by atoms with van der Waals surface area (Å²) < 4.78 is 5.84. The van der Waals surface area contributed by atoms with E-state index in [2.05, 4.69) is 18.0 Å². The van der Waals surface area contributed by atoms with Crippen LogP contribution in [0.2, 0.25) is 0 Å². The highest BCUT2D eigenvalue weighted by Gasteiger charge is 2.34. The summed E-state index contributed by atoms with van der Waals surface area (Å²) in [4.78, 5) is 18.2. The molecule has 1 amide bonds. The van der Waals surface area contributed by atoms with Gasteiger partial charge in [0, 0.05) is 26.0 Å². The molecule has 0 N–H and O–H groups in total. The third kappa shape index (κ3) is 1.68. The van der Waals surface area contributed by atoms with Crippen molar-refractivity contribution in [2.75, 3.05) is 6.54 Å². The van der Waals surface area contributed by atoms with Gasteiger partial charge in [0.1, 0.15) is 5.52 Å². The fourth-order valence-corrected chi connectivity index (χ4v) is 3.82. The Morgan fingerprint density at radius 1 is 1.43 bits per heavy atom. The number of carbonyl (C=O) groups is 1. The average Bonchev–Trinajstić information content (AvgIpc) is 2.98. The molecule has 0 radical (unpaired) electrons. The Bertz CT molecular complexity index is 800. The van der Waals surface area contributed by atoms with Crippen LogP contribution in [0.3, 0.4) is 0 Å². The Hall–Kier alpha value is -2.10. The van der Waals surface area contributed by atoms with Crippen molar-refractivity contribution in [2.45, 2.75) is 39.7 Å². The summed E-state index contributed by atoms with van der Waals surface area (Å²) in [6, 6.07) is 4.37. The third-order valence-electron chi connectivity index (χ3n) is 4.80. The zero-order valence-corrected chi connectivity index (χ0v) is 12.6. The van der Waals surface area contributed by atoms with E-state index < -0.39 is 0 Å². The van der Waals surface area contributed by atoms with Gasteiger partial charge in [0.2, 0.25) is 5.91 Å². The summed E-state index contributed by atoms with van der Waals surface area (Å²) in [6.07, 6.45) is 1.83. The number of hydrogen-bond acceptors (Lipinski definition) is 3. The second kappa shape index (κ2) is 4.20. The van der Waals surface area contributed by atoms with Crippen LogP contribution in [0.1, 0.15) is 37.3 Å². The number of amides is 1. The van der Waals surface area contributed by atoms with Crippen LogP contribution in [-0.4, -0.2) is 28.4 Å². The van der Waals surface area contributed by atoms with Crippen molar-refractivity contribution < 1.29 is 9.21 Å². The van der Waals surface area contributed by atoms with Gasteiger partial charge in [0.25, 0.3) is 0 Å². The van der Waals surface area contributed by atoms with Gasteiger partial charge in [0.15, 0.2) is 11.5 Å². The van der Waals surface area contributed by atoms with Gasteiger partial charge in [-0.2, -0.15) is 0 Å². The average molecular weight is 282 g/mol. The monoisotopic (exact) mass is 282 g/mol. The van der Waals surface area contributed by atoms with Crippen LogP contribution in [0.4, 0.5) is 0 Å². The molecule has 1 unspecified atom stereocenters. The standard InChI is InChI=1S/C17H18N2O2/c1-9-14-8-12-4-5-15-17(21-10(2)18-15)16(12)13(14)6-7-19(9)11(3)20/h4-5,9H,6-8H2,1-3H3. The first-order chi connectivity index (χ1) is 10.1. The van der Waals surface area contributed by atoms with Gasteiger partial charge < -0.3 is 9.32 Å². The number of benzene rings is 1. The summed E-state index contributed by atoms with van der Waals surface area (Å²) in [5.41, 5.74) is 7.13. The zero-order valence-electron chi connectivity index (χ0n) is 12.6. The molecule has 0 spiro atoms. The first kappa shape index (κ1) is 12.6. The van der Waals surface area contributed by atoms with E-state index in [0.717, 1.165) is 30.5 Å². The van der Waals surface area contributed by atoms with Gasteiger partial charge in [-0.25, -0.2) is 4.98 Å². The van der Waals surface area contributed by atoms with Gasteiger partial charge in [-0.3, -0.25) is 4.79 Å². The molecule has 1 aromatic heterocycles. The Labute approximate surface area is 123 Å². The molecule has 4 nitrogen and oxygen atoms in total. The Balaban J connectivity index is 1.89. The molecule has 0 bridgehead atoms. The maximum atomic E-state index is 11.8. The van der Waals surface area contributed by atoms with Crippen LogP contribution in [0.25, 0.3) is 16.7 Å². The van der Waals surface area contributed by atoms with E-state index in [1.807, 2.05) is 17.9 Å². The Morgan fingerprint density at radius 2 is 2.24 bits per heavy atom. The minimum absolute atomic E-state index is 0.158. The summed E-state index contributed by atoms with van der Waals surface area (Å²) in [6.45, 7) is 6.46. The lowest BCUT2D eigenvalue weighted by molar-refractivity contribution is -0.130. The van der Waals surface area contributed by atoms with Crippen LogP contribution in [0.15, 0.2) is 22.1 Å². The van der Waals surface area contributed by atoms with Gasteiger partial charge in [-0.15, -0.1) is 0 Å². The highest BCUT2D eigenvalue weighted by atomic mass is 16.3. The zero-order chi connectivity index (χ0) is 14.7. The van der Waals surface area contributed by atoms with E-state index in [1.54, 1.807) is 6.92 Å². The molecule has 2 aliphatic rings. The number of aryl methyl sites for hydroxylation is 1. The minimum atomic E-state index is 0.158. The van der Waals surface area contributed by atoms with Crippen LogP contribution in [0, 0.1) is 6.92 Å². The number of aromatic nitrogens is 1. The van der Waals surface area contributed by atoms with E-state index in [4.69, 9.17) is 4.42 Å². The first-order valence-corrected chi connectivity index (χ1v) is 7.44. The number of carbonyl (C=O) groups excluding carboxylic acids is 1. The predicted molar refractivity (Wildman–Crippen MR) is 80.8 cm³/mol. The molecule has 108 valence electrons. The number of oxazole rings is 1. The number of nitrogens with zero attached hydrogens (tertiary/aromatic N) is 2. The molecule has 1 atom stereocenters. The summed E-state index contributed by atoms with van der Waals surface area (Å²) >= 11 is 0. The van der Waals surface area contributed by atoms with E-state index in [1.165, 1.54) is 22.3 Å². The molecule has 1 aromatic carbocycles. The lowest BCUT2D eigenvalue weighted by Crippen LogP contribution is -2.41. The van der Waals surface area contributed by atoms with E-state index in [0.29, 0.717) is 5.89 Å². The highest BCUT2D eigenvalue weighted by Crippen LogP contribution is 2.44. The molecule has 0 saturated heterocycles. The summed E-state index contributed by atoms with van der Waals surface area (Å²) in [5, 5.41) is 0. The largest absolute Gasteiger partial charge is 0.440 e. The molecular weight excluding hydrogens is 264 g/mol. The molecule has 2 aromatic rings. The van der Waals surface area contributed by atoms with Crippen molar-refractivity contribution in [3.8, 4) is 0 Å². The first-order valence-electron chi connectivity index (χ1n) is 7.44. The Morgan fingerprint density at radius 3 is 3.00 bits per heavy atom. The number of rotatable bonds is 0. The SMILES string of the molecule is CC(=O)N1CCC2=C(Cc3ccc4nc(C)oc4c32)C1C. The number of hydrogen-bond donors (Lipinski definition) is 0. The van der Waals surface area contributed by atoms with Crippen molar-refractivity contribution in [1.82, 2.24) is 9.88 Å². The van der Waals surface area contributed by atoms with Crippen molar-refractivity contribution in [3.63, 3.8) is 0 Å². The van der Waals surface area contributed by atoms with Crippen molar-refractivity contribution >= 4 is 22.6 Å². The highest BCUT2D eigenvalue weighted by molar-refractivity contribution is 5.94. The maximum Gasteiger partial charge on any atom is 0.219 e. The van der Waals surface area contributed by atoms with E-state index in [9.17, 15) is 4.79 Å². The molecule has 0 saturated carbocycles. The Kier molecular flexibility index (Phi) is 2.52. The van der Waals surface area contributed by atoms with Crippen LogP contribution < -0.4 is 0 Å². The molecule has 4 heteroatoms. The molecule has 1 aliphatic heterocycles. The lowest BCUT2D eigenvalue weighted by atomic mass is 9.93. The molecule has 2 heterocycles. The molecular formula is C17H18N2O2. The molecule has 4 rings (SSSR count). The molecule has 1 aliphatic carbocycles. The van der Waals surface area contributed by atoms with Crippen LogP contribution in [0.5, 0.6) is 0 Å². The topological polar surface area (TPSA) is 46.3 Å². The van der Waals surface area contributed by atoms with Crippen LogP contribution in [-0.2, 0) is 11.2 Å². The third-order valence-corrected chi connectivity index (χ3v) is 4.80. The van der Waals surface area contributed by atoms with Gasteiger partial charge >= 0.3 is 0 Å².